The Morgan fingerprint density at radius 1 is 0.960 bits per heavy atom. The molecule has 126 valence electrons. The van der Waals surface area contributed by atoms with Crippen LogP contribution in [0.3, 0.4) is 0 Å². The molecule has 1 heterocycles. The topological polar surface area (TPSA) is 32.3 Å². The largest absolute Gasteiger partial charge is 0.367 e. The molecule has 0 unspecified atom stereocenters. The summed E-state index contributed by atoms with van der Waals surface area (Å²) in [6, 6.07) is 24.8. The van der Waals surface area contributed by atoms with Crippen molar-refractivity contribution in [2.75, 3.05) is 18.0 Å². The highest BCUT2D eigenvalue weighted by atomic mass is 16.1. The SMILES string of the molecule is O=C(NC[C@H]1CCCN1c1ccccc1)c1cccc2ccccc12. The first-order chi connectivity index (χ1) is 12.3. The van der Waals surface area contributed by atoms with Crippen LogP contribution in [0.25, 0.3) is 10.8 Å². The maximum absolute atomic E-state index is 12.7. The molecule has 3 nitrogen and oxygen atoms in total. The number of amides is 1. The second-order valence-electron chi connectivity index (χ2n) is 6.56. The van der Waals surface area contributed by atoms with Crippen molar-refractivity contribution in [2.24, 2.45) is 0 Å². The Morgan fingerprint density at radius 3 is 2.60 bits per heavy atom. The summed E-state index contributed by atoms with van der Waals surface area (Å²) < 4.78 is 0. The van der Waals surface area contributed by atoms with Crippen molar-refractivity contribution in [3.63, 3.8) is 0 Å². The molecule has 0 aromatic heterocycles. The van der Waals surface area contributed by atoms with E-state index in [1.54, 1.807) is 0 Å². The maximum Gasteiger partial charge on any atom is 0.251 e. The van der Waals surface area contributed by atoms with Gasteiger partial charge >= 0.3 is 0 Å². The number of benzene rings is 3. The van der Waals surface area contributed by atoms with Crippen LogP contribution in [0.2, 0.25) is 0 Å². The number of nitrogens with zero attached hydrogens (tertiary/aromatic N) is 1. The second kappa shape index (κ2) is 6.98. The summed E-state index contributed by atoms with van der Waals surface area (Å²) in [5, 5.41) is 5.26. The van der Waals surface area contributed by atoms with Crippen LogP contribution in [0.4, 0.5) is 5.69 Å². The number of fused-ring (bicyclic) bond motifs is 1. The molecule has 1 amide bonds. The van der Waals surface area contributed by atoms with E-state index in [0.29, 0.717) is 12.6 Å². The number of anilines is 1. The summed E-state index contributed by atoms with van der Waals surface area (Å²) in [6.07, 6.45) is 2.29. The number of hydrogen-bond donors (Lipinski definition) is 1. The van der Waals surface area contributed by atoms with Gasteiger partial charge in [0.25, 0.3) is 5.91 Å². The van der Waals surface area contributed by atoms with E-state index in [1.807, 2.05) is 48.5 Å². The molecular weight excluding hydrogens is 308 g/mol. The highest BCUT2D eigenvalue weighted by molar-refractivity contribution is 6.07. The molecule has 1 saturated heterocycles. The molecule has 0 bridgehead atoms. The molecule has 0 radical (unpaired) electrons. The summed E-state index contributed by atoms with van der Waals surface area (Å²) in [5.74, 6) is 0.0108. The number of carbonyl (C=O) groups is 1. The molecule has 0 spiro atoms. The Morgan fingerprint density at radius 2 is 1.72 bits per heavy atom. The smallest absolute Gasteiger partial charge is 0.251 e. The van der Waals surface area contributed by atoms with Crippen molar-refractivity contribution < 1.29 is 4.79 Å². The third kappa shape index (κ3) is 3.22. The van der Waals surface area contributed by atoms with Crippen molar-refractivity contribution in [2.45, 2.75) is 18.9 Å². The molecule has 1 atom stereocenters. The summed E-state index contributed by atoms with van der Waals surface area (Å²) in [7, 11) is 0. The number of hydrogen-bond acceptors (Lipinski definition) is 2. The first kappa shape index (κ1) is 15.7. The predicted molar refractivity (Wildman–Crippen MR) is 103 cm³/mol. The maximum atomic E-state index is 12.7. The zero-order valence-corrected chi connectivity index (χ0v) is 14.2. The molecule has 3 heteroatoms. The van der Waals surface area contributed by atoms with Crippen LogP contribution >= 0.6 is 0 Å². The zero-order valence-electron chi connectivity index (χ0n) is 14.2. The van der Waals surface area contributed by atoms with Crippen LogP contribution in [0.5, 0.6) is 0 Å². The lowest BCUT2D eigenvalue weighted by atomic mass is 10.0. The minimum Gasteiger partial charge on any atom is -0.367 e. The Labute approximate surface area is 148 Å². The van der Waals surface area contributed by atoms with E-state index in [2.05, 4.69) is 34.5 Å². The molecule has 0 aliphatic carbocycles. The number of nitrogens with one attached hydrogen (secondary N) is 1. The van der Waals surface area contributed by atoms with Crippen LogP contribution in [0.1, 0.15) is 23.2 Å². The molecule has 25 heavy (non-hydrogen) atoms. The predicted octanol–water partition coefficient (Wildman–Crippen LogP) is 4.24. The van der Waals surface area contributed by atoms with E-state index in [0.717, 1.165) is 29.3 Å². The van der Waals surface area contributed by atoms with Gasteiger partial charge in [-0.2, -0.15) is 0 Å². The second-order valence-corrected chi connectivity index (χ2v) is 6.56. The fourth-order valence-electron chi connectivity index (χ4n) is 3.74. The molecule has 1 N–H and O–H groups in total. The van der Waals surface area contributed by atoms with Gasteiger partial charge in [0.15, 0.2) is 0 Å². The van der Waals surface area contributed by atoms with Gasteiger partial charge in [-0.1, -0.05) is 54.6 Å². The van der Waals surface area contributed by atoms with E-state index in [4.69, 9.17) is 0 Å². The lowest BCUT2D eigenvalue weighted by Crippen LogP contribution is -2.40. The number of carbonyl (C=O) groups excluding carboxylic acids is 1. The summed E-state index contributed by atoms with van der Waals surface area (Å²) in [4.78, 5) is 15.1. The summed E-state index contributed by atoms with van der Waals surface area (Å²) in [5.41, 5.74) is 1.99. The van der Waals surface area contributed by atoms with E-state index >= 15 is 0 Å². The van der Waals surface area contributed by atoms with Crippen molar-refractivity contribution in [1.29, 1.82) is 0 Å². The molecular formula is C22H22N2O. The van der Waals surface area contributed by atoms with Crippen LogP contribution < -0.4 is 10.2 Å². The van der Waals surface area contributed by atoms with Gasteiger partial charge in [0.1, 0.15) is 0 Å². The van der Waals surface area contributed by atoms with E-state index in [-0.39, 0.29) is 5.91 Å². The first-order valence-electron chi connectivity index (χ1n) is 8.90. The molecule has 3 aromatic carbocycles. The average Bonchev–Trinajstić information content (AvgIpc) is 3.15. The van der Waals surface area contributed by atoms with Crippen molar-refractivity contribution in [3.05, 3.63) is 78.4 Å². The Balaban J connectivity index is 1.48. The fraction of sp³-hybridized carbons (Fsp3) is 0.227. The summed E-state index contributed by atoms with van der Waals surface area (Å²) >= 11 is 0. The summed E-state index contributed by atoms with van der Waals surface area (Å²) in [6.45, 7) is 1.73. The third-order valence-electron chi connectivity index (χ3n) is 5.00. The van der Waals surface area contributed by atoms with Crippen molar-refractivity contribution in [1.82, 2.24) is 5.32 Å². The van der Waals surface area contributed by atoms with Gasteiger partial charge in [-0.05, 0) is 41.8 Å². The van der Waals surface area contributed by atoms with Crippen LogP contribution in [-0.4, -0.2) is 25.0 Å². The van der Waals surface area contributed by atoms with Gasteiger partial charge in [-0.25, -0.2) is 0 Å². The van der Waals surface area contributed by atoms with Crippen molar-refractivity contribution in [3.8, 4) is 0 Å². The average molecular weight is 330 g/mol. The lowest BCUT2D eigenvalue weighted by Gasteiger charge is -2.27. The van der Waals surface area contributed by atoms with Crippen molar-refractivity contribution >= 4 is 22.4 Å². The minimum absolute atomic E-state index is 0.0108. The van der Waals surface area contributed by atoms with Gasteiger partial charge in [0, 0.05) is 30.4 Å². The van der Waals surface area contributed by atoms with Crippen LogP contribution in [0.15, 0.2) is 72.8 Å². The monoisotopic (exact) mass is 330 g/mol. The molecule has 4 rings (SSSR count). The standard InChI is InChI=1S/C22H22N2O/c25-22(21-14-6-9-17-8-4-5-13-20(17)21)23-16-19-12-7-15-24(19)18-10-2-1-3-11-18/h1-6,8-11,13-14,19H,7,12,15-16H2,(H,23,25)/t19-/m1/s1. The highest BCUT2D eigenvalue weighted by Gasteiger charge is 2.25. The van der Waals surface area contributed by atoms with Crippen LogP contribution in [-0.2, 0) is 0 Å². The molecule has 3 aromatic rings. The quantitative estimate of drug-likeness (QED) is 0.776. The first-order valence-corrected chi connectivity index (χ1v) is 8.90. The highest BCUT2D eigenvalue weighted by Crippen LogP contribution is 2.25. The molecule has 0 saturated carbocycles. The number of para-hydroxylation sites is 1. The van der Waals surface area contributed by atoms with Gasteiger partial charge in [-0.15, -0.1) is 0 Å². The minimum atomic E-state index is 0.0108. The zero-order chi connectivity index (χ0) is 17.1. The van der Waals surface area contributed by atoms with Gasteiger partial charge in [0.05, 0.1) is 0 Å². The normalized spacial score (nSPS) is 17.0. The van der Waals surface area contributed by atoms with E-state index in [1.165, 1.54) is 12.1 Å². The van der Waals surface area contributed by atoms with Gasteiger partial charge < -0.3 is 10.2 Å². The molecule has 1 aliphatic rings. The lowest BCUT2D eigenvalue weighted by molar-refractivity contribution is 0.0953. The third-order valence-corrected chi connectivity index (χ3v) is 5.00. The van der Waals surface area contributed by atoms with Gasteiger partial charge in [0.2, 0.25) is 0 Å². The van der Waals surface area contributed by atoms with E-state index in [9.17, 15) is 4.79 Å². The van der Waals surface area contributed by atoms with E-state index < -0.39 is 0 Å². The number of rotatable bonds is 4. The van der Waals surface area contributed by atoms with Crippen LogP contribution in [0, 0.1) is 0 Å². The Hall–Kier alpha value is -2.81. The van der Waals surface area contributed by atoms with Gasteiger partial charge in [-0.3, -0.25) is 4.79 Å². The molecule has 1 fully saturated rings. The molecule has 1 aliphatic heterocycles. The Kier molecular flexibility index (Phi) is 4.38. The Bertz CT molecular complexity index is 870. The fourth-order valence-corrected chi connectivity index (χ4v) is 3.74.